The Morgan fingerprint density at radius 1 is 1.28 bits per heavy atom. The van der Waals surface area contributed by atoms with Crippen LogP contribution in [-0.4, -0.2) is 64.0 Å². The Morgan fingerprint density at radius 2 is 2.10 bits per heavy atom. The molecule has 0 atom stereocenters. The maximum atomic E-state index is 12.4. The standard InChI is InChI=1S/C17H18N6O3S3/c1-11-9-13(21-26-11)18-14(24)10-28-17-20-19-16(29-17)23-6-4-22(5-7-23)15(25)12-3-2-8-27-12/h2-3,8-9H,4-7,10H2,1H3,(H,18,21,24). The topological polar surface area (TPSA) is 104 Å². The third-order valence-electron chi connectivity index (χ3n) is 4.19. The number of piperazine rings is 1. The lowest BCUT2D eigenvalue weighted by Crippen LogP contribution is -2.48. The van der Waals surface area contributed by atoms with Gasteiger partial charge in [-0.2, -0.15) is 0 Å². The first-order valence-corrected chi connectivity index (χ1v) is 11.5. The average molecular weight is 451 g/mol. The van der Waals surface area contributed by atoms with Crippen LogP contribution in [0.15, 0.2) is 32.4 Å². The van der Waals surface area contributed by atoms with Crippen LogP contribution in [0.2, 0.25) is 0 Å². The lowest BCUT2D eigenvalue weighted by Gasteiger charge is -2.34. The number of aromatic nitrogens is 3. The Balaban J connectivity index is 1.25. The summed E-state index contributed by atoms with van der Waals surface area (Å²) in [6, 6.07) is 5.41. The molecule has 0 aromatic carbocycles. The summed E-state index contributed by atoms with van der Waals surface area (Å²) in [5.74, 6) is 1.16. The molecule has 1 N–H and O–H groups in total. The molecule has 4 rings (SSSR count). The van der Waals surface area contributed by atoms with E-state index in [2.05, 4.69) is 25.6 Å². The van der Waals surface area contributed by atoms with Crippen molar-refractivity contribution >= 4 is 57.2 Å². The lowest BCUT2D eigenvalue weighted by atomic mass is 10.3. The van der Waals surface area contributed by atoms with Crippen LogP contribution < -0.4 is 10.2 Å². The predicted molar refractivity (Wildman–Crippen MR) is 113 cm³/mol. The van der Waals surface area contributed by atoms with E-state index < -0.39 is 0 Å². The molecule has 3 aromatic heterocycles. The zero-order valence-electron chi connectivity index (χ0n) is 15.5. The molecular formula is C17H18N6O3S3. The van der Waals surface area contributed by atoms with Crippen molar-refractivity contribution in [2.75, 3.05) is 42.1 Å². The monoisotopic (exact) mass is 450 g/mol. The summed E-state index contributed by atoms with van der Waals surface area (Å²) in [4.78, 5) is 29.2. The minimum Gasteiger partial charge on any atom is -0.360 e. The van der Waals surface area contributed by atoms with Gasteiger partial charge in [0.2, 0.25) is 11.0 Å². The molecule has 1 aliphatic heterocycles. The first kappa shape index (κ1) is 19.9. The molecule has 1 saturated heterocycles. The van der Waals surface area contributed by atoms with Crippen LogP contribution in [0.3, 0.4) is 0 Å². The molecule has 0 radical (unpaired) electrons. The van der Waals surface area contributed by atoms with Crippen molar-refractivity contribution < 1.29 is 14.1 Å². The van der Waals surface area contributed by atoms with Crippen molar-refractivity contribution in [2.24, 2.45) is 0 Å². The molecule has 0 aliphatic carbocycles. The predicted octanol–water partition coefficient (Wildman–Crippen LogP) is 2.59. The fourth-order valence-electron chi connectivity index (χ4n) is 2.78. The number of carbonyl (C=O) groups is 2. The highest BCUT2D eigenvalue weighted by molar-refractivity contribution is 8.01. The summed E-state index contributed by atoms with van der Waals surface area (Å²) in [6.45, 7) is 4.49. The van der Waals surface area contributed by atoms with Gasteiger partial charge in [0.15, 0.2) is 10.2 Å². The van der Waals surface area contributed by atoms with Gasteiger partial charge in [0.05, 0.1) is 10.6 Å². The van der Waals surface area contributed by atoms with Crippen LogP contribution in [0.4, 0.5) is 10.9 Å². The van der Waals surface area contributed by atoms with Gasteiger partial charge in [-0.15, -0.1) is 21.5 Å². The molecule has 9 nitrogen and oxygen atoms in total. The first-order valence-electron chi connectivity index (χ1n) is 8.86. The second-order valence-corrected chi connectivity index (χ2v) is 9.39. The number of nitrogens with zero attached hydrogens (tertiary/aromatic N) is 5. The van der Waals surface area contributed by atoms with Gasteiger partial charge in [-0.25, -0.2) is 0 Å². The van der Waals surface area contributed by atoms with Gasteiger partial charge in [0.1, 0.15) is 5.76 Å². The van der Waals surface area contributed by atoms with E-state index in [9.17, 15) is 9.59 Å². The normalized spacial score (nSPS) is 14.2. The van der Waals surface area contributed by atoms with Crippen molar-refractivity contribution in [1.29, 1.82) is 0 Å². The molecule has 1 aliphatic rings. The molecule has 29 heavy (non-hydrogen) atoms. The molecule has 0 saturated carbocycles. The number of hydrogen-bond donors (Lipinski definition) is 1. The Bertz CT molecular complexity index is 978. The molecule has 12 heteroatoms. The van der Waals surface area contributed by atoms with Crippen LogP contribution in [0, 0.1) is 6.92 Å². The largest absolute Gasteiger partial charge is 0.360 e. The van der Waals surface area contributed by atoms with Gasteiger partial charge in [-0.1, -0.05) is 34.3 Å². The molecule has 3 aromatic rings. The molecule has 0 spiro atoms. The number of aryl methyl sites for hydroxylation is 1. The van der Waals surface area contributed by atoms with E-state index >= 15 is 0 Å². The number of thiophene rings is 1. The summed E-state index contributed by atoms with van der Waals surface area (Å²) < 4.78 is 5.65. The molecule has 0 unspecified atom stereocenters. The molecule has 2 amide bonds. The number of hydrogen-bond acceptors (Lipinski definition) is 10. The van der Waals surface area contributed by atoms with Crippen molar-refractivity contribution in [3.63, 3.8) is 0 Å². The lowest BCUT2D eigenvalue weighted by molar-refractivity contribution is -0.113. The van der Waals surface area contributed by atoms with Crippen molar-refractivity contribution in [1.82, 2.24) is 20.3 Å². The Morgan fingerprint density at radius 3 is 2.79 bits per heavy atom. The van der Waals surface area contributed by atoms with E-state index in [0.29, 0.717) is 37.8 Å². The van der Waals surface area contributed by atoms with E-state index in [1.54, 1.807) is 13.0 Å². The summed E-state index contributed by atoms with van der Waals surface area (Å²) in [7, 11) is 0. The van der Waals surface area contributed by atoms with Crippen LogP contribution in [-0.2, 0) is 4.79 Å². The Kier molecular flexibility index (Phi) is 6.11. The number of amides is 2. The number of anilines is 2. The van der Waals surface area contributed by atoms with E-state index in [-0.39, 0.29) is 17.6 Å². The fraction of sp³-hybridized carbons (Fsp3) is 0.353. The number of rotatable bonds is 6. The van der Waals surface area contributed by atoms with E-state index in [4.69, 9.17) is 4.52 Å². The van der Waals surface area contributed by atoms with Gasteiger partial charge in [0.25, 0.3) is 5.91 Å². The molecular weight excluding hydrogens is 432 g/mol. The molecule has 0 bridgehead atoms. The average Bonchev–Trinajstić information content (AvgIpc) is 3.48. The third-order valence-corrected chi connectivity index (χ3v) is 7.16. The van der Waals surface area contributed by atoms with Gasteiger partial charge in [-0.3, -0.25) is 9.59 Å². The number of nitrogens with one attached hydrogen (secondary N) is 1. The maximum absolute atomic E-state index is 12.4. The zero-order valence-corrected chi connectivity index (χ0v) is 18.0. The van der Waals surface area contributed by atoms with Crippen molar-refractivity contribution in [3.05, 3.63) is 34.2 Å². The maximum Gasteiger partial charge on any atom is 0.264 e. The fourth-order valence-corrected chi connectivity index (χ4v) is 5.16. The van der Waals surface area contributed by atoms with Crippen molar-refractivity contribution in [2.45, 2.75) is 11.3 Å². The number of thioether (sulfide) groups is 1. The van der Waals surface area contributed by atoms with Crippen LogP contribution in [0.25, 0.3) is 0 Å². The van der Waals surface area contributed by atoms with E-state index in [0.717, 1.165) is 14.3 Å². The van der Waals surface area contributed by atoms with Crippen LogP contribution in [0.5, 0.6) is 0 Å². The van der Waals surface area contributed by atoms with Crippen molar-refractivity contribution in [3.8, 4) is 0 Å². The zero-order chi connectivity index (χ0) is 20.2. The smallest absolute Gasteiger partial charge is 0.264 e. The molecule has 4 heterocycles. The highest BCUT2D eigenvalue weighted by atomic mass is 32.2. The quantitative estimate of drug-likeness (QED) is 0.572. The van der Waals surface area contributed by atoms with Gasteiger partial charge < -0.3 is 19.6 Å². The second-order valence-electron chi connectivity index (χ2n) is 6.27. The minimum absolute atomic E-state index is 0.0847. The van der Waals surface area contributed by atoms with Gasteiger partial charge in [-0.05, 0) is 18.4 Å². The number of carbonyl (C=O) groups excluding carboxylic acids is 2. The minimum atomic E-state index is -0.180. The van der Waals surface area contributed by atoms with Crippen LogP contribution in [0.1, 0.15) is 15.4 Å². The summed E-state index contributed by atoms with van der Waals surface area (Å²) >= 11 is 4.24. The molecule has 152 valence electrons. The highest BCUT2D eigenvalue weighted by Crippen LogP contribution is 2.29. The van der Waals surface area contributed by atoms with E-state index in [1.807, 2.05) is 22.4 Å². The Labute approximate surface area is 179 Å². The SMILES string of the molecule is Cc1cc(NC(=O)CSc2nnc(N3CCN(C(=O)c4cccs4)CC3)s2)no1. The summed E-state index contributed by atoms with van der Waals surface area (Å²) in [5, 5.41) is 17.5. The Hall–Kier alpha value is -2.44. The van der Waals surface area contributed by atoms with Gasteiger partial charge >= 0.3 is 0 Å². The van der Waals surface area contributed by atoms with E-state index in [1.165, 1.54) is 34.4 Å². The summed E-state index contributed by atoms with van der Waals surface area (Å²) in [5.41, 5.74) is 0. The third kappa shape index (κ3) is 4.95. The summed E-state index contributed by atoms with van der Waals surface area (Å²) in [6.07, 6.45) is 0. The second kappa shape index (κ2) is 8.93. The van der Waals surface area contributed by atoms with Crippen LogP contribution >= 0.6 is 34.4 Å². The molecule has 1 fully saturated rings. The first-order chi connectivity index (χ1) is 14.1. The van der Waals surface area contributed by atoms with Gasteiger partial charge in [0, 0.05) is 32.2 Å². The highest BCUT2D eigenvalue weighted by Gasteiger charge is 2.24.